The Labute approximate surface area is 111 Å². The molecule has 0 aromatic carbocycles. The Kier molecular flexibility index (Phi) is 4.28. The Bertz CT molecular complexity index is 364. The van der Waals surface area contributed by atoms with E-state index in [1.54, 1.807) is 0 Å². The summed E-state index contributed by atoms with van der Waals surface area (Å²) in [7, 11) is 0. The molecule has 2 heterocycles. The molecule has 0 radical (unpaired) electrons. The summed E-state index contributed by atoms with van der Waals surface area (Å²) in [5.74, 6) is 1.64. The van der Waals surface area contributed by atoms with E-state index in [-0.39, 0.29) is 12.1 Å². The highest BCUT2D eigenvalue weighted by Crippen LogP contribution is 2.32. The first kappa shape index (κ1) is 13.1. The van der Waals surface area contributed by atoms with Crippen molar-refractivity contribution in [2.24, 2.45) is 11.7 Å². The Balaban J connectivity index is 2.18. The number of furan rings is 1. The number of nitrogens with two attached hydrogens (primary N) is 1. The molecule has 0 saturated carbocycles. The van der Waals surface area contributed by atoms with Crippen LogP contribution in [0.25, 0.3) is 0 Å². The minimum absolute atomic E-state index is 0.181. The maximum atomic E-state index is 6.27. The van der Waals surface area contributed by atoms with Gasteiger partial charge in [0.05, 0.1) is 6.04 Å². The molecule has 0 amide bonds. The summed E-state index contributed by atoms with van der Waals surface area (Å²) < 4.78 is 6.49. The van der Waals surface area contributed by atoms with Crippen LogP contribution in [0.2, 0.25) is 0 Å². The molecule has 1 saturated heterocycles. The first-order chi connectivity index (χ1) is 8.08. The van der Waals surface area contributed by atoms with Crippen molar-refractivity contribution in [2.75, 3.05) is 13.1 Å². The van der Waals surface area contributed by atoms with Crippen molar-refractivity contribution in [3.05, 3.63) is 22.6 Å². The summed E-state index contributed by atoms with van der Waals surface area (Å²) in [6, 6.07) is 4.40. The van der Waals surface area contributed by atoms with Crippen LogP contribution in [0.5, 0.6) is 0 Å². The first-order valence-corrected chi connectivity index (χ1v) is 7.12. The third-order valence-corrected chi connectivity index (χ3v) is 3.69. The van der Waals surface area contributed by atoms with Crippen molar-refractivity contribution in [3.8, 4) is 0 Å². The fourth-order valence-electron chi connectivity index (χ4n) is 2.65. The fraction of sp³-hybridized carbons (Fsp3) is 0.692. The minimum Gasteiger partial charge on any atom is -0.453 e. The third kappa shape index (κ3) is 3.12. The first-order valence-electron chi connectivity index (χ1n) is 6.33. The van der Waals surface area contributed by atoms with Gasteiger partial charge in [-0.1, -0.05) is 13.8 Å². The van der Waals surface area contributed by atoms with Gasteiger partial charge in [-0.3, -0.25) is 4.90 Å². The van der Waals surface area contributed by atoms with Crippen LogP contribution >= 0.6 is 15.9 Å². The molecule has 2 unspecified atom stereocenters. The zero-order valence-corrected chi connectivity index (χ0v) is 12.1. The highest BCUT2D eigenvalue weighted by atomic mass is 79.9. The maximum Gasteiger partial charge on any atom is 0.169 e. The van der Waals surface area contributed by atoms with E-state index < -0.39 is 0 Å². The number of piperidine rings is 1. The summed E-state index contributed by atoms with van der Waals surface area (Å²) in [6.45, 7) is 6.69. The van der Waals surface area contributed by atoms with E-state index in [2.05, 4.69) is 34.7 Å². The highest BCUT2D eigenvalue weighted by molar-refractivity contribution is 9.10. The van der Waals surface area contributed by atoms with Gasteiger partial charge in [0.25, 0.3) is 0 Å². The van der Waals surface area contributed by atoms with Crippen LogP contribution in [-0.4, -0.2) is 24.0 Å². The summed E-state index contributed by atoms with van der Waals surface area (Å²) in [4.78, 5) is 2.46. The smallest absolute Gasteiger partial charge is 0.169 e. The summed E-state index contributed by atoms with van der Waals surface area (Å²) in [5, 5.41) is 0. The maximum absolute atomic E-state index is 6.27. The lowest BCUT2D eigenvalue weighted by molar-refractivity contribution is 0.0971. The Morgan fingerprint density at radius 2 is 2.29 bits per heavy atom. The third-order valence-electron chi connectivity index (χ3n) is 3.27. The van der Waals surface area contributed by atoms with Crippen molar-refractivity contribution in [2.45, 2.75) is 38.8 Å². The molecule has 0 aliphatic carbocycles. The van der Waals surface area contributed by atoms with Gasteiger partial charge in [-0.2, -0.15) is 0 Å². The second-order valence-corrected chi connectivity index (χ2v) is 6.06. The molecule has 17 heavy (non-hydrogen) atoms. The minimum atomic E-state index is 0.181. The predicted octanol–water partition coefficient (Wildman–Crippen LogP) is 3.16. The molecule has 3 nitrogen and oxygen atoms in total. The van der Waals surface area contributed by atoms with E-state index in [9.17, 15) is 0 Å². The van der Waals surface area contributed by atoms with E-state index in [4.69, 9.17) is 10.2 Å². The van der Waals surface area contributed by atoms with Gasteiger partial charge in [-0.05, 0) is 53.4 Å². The zero-order chi connectivity index (χ0) is 12.4. The molecule has 1 aromatic heterocycles. The molecule has 0 bridgehead atoms. The topological polar surface area (TPSA) is 42.4 Å². The van der Waals surface area contributed by atoms with Gasteiger partial charge in [0.2, 0.25) is 0 Å². The van der Waals surface area contributed by atoms with Gasteiger partial charge < -0.3 is 10.2 Å². The lowest BCUT2D eigenvalue weighted by Crippen LogP contribution is -2.46. The van der Waals surface area contributed by atoms with E-state index in [0.29, 0.717) is 5.92 Å². The van der Waals surface area contributed by atoms with E-state index in [1.807, 2.05) is 12.1 Å². The molecule has 2 atom stereocenters. The van der Waals surface area contributed by atoms with Gasteiger partial charge in [0.15, 0.2) is 4.67 Å². The van der Waals surface area contributed by atoms with Gasteiger partial charge in [0, 0.05) is 12.6 Å². The molecule has 0 spiro atoms. The molecule has 1 aliphatic rings. The number of halogens is 1. The van der Waals surface area contributed by atoms with Crippen LogP contribution in [0.3, 0.4) is 0 Å². The Hall–Kier alpha value is -0.320. The molecule has 1 fully saturated rings. The zero-order valence-electron chi connectivity index (χ0n) is 10.5. The summed E-state index contributed by atoms with van der Waals surface area (Å²) in [5.41, 5.74) is 6.27. The lowest BCUT2D eigenvalue weighted by atomic mass is 9.94. The second-order valence-electron chi connectivity index (χ2n) is 5.28. The average Bonchev–Trinajstić information content (AvgIpc) is 2.64. The number of likely N-dealkylation sites (tertiary alicyclic amines) is 1. The number of hydrogen-bond acceptors (Lipinski definition) is 3. The second kappa shape index (κ2) is 5.55. The van der Waals surface area contributed by atoms with Gasteiger partial charge in [0.1, 0.15) is 5.76 Å². The average molecular weight is 301 g/mol. The van der Waals surface area contributed by atoms with Gasteiger partial charge in [-0.25, -0.2) is 0 Å². The Morgan fingerprint density at radius 3 is 2.88 bits per heavy atom. The number of nitrogens with zero attached hydrogens (tertiary/aromatic N) is 1. The van der Waals surface area contributed by atoms with Crippen LogP contribution < -0.4 is 5.73 Å². The molecular weight excluding hydrogens is 280 g/mol. The van der Waals surface area contributed by atoms with Gasteiger partial charge in [-0.15, -0.1) is 0 Å². The van der Waals surface area contributed by atoms with E-state index >= 15 is 0 Å². The lowest BCUT2D eigenvalue weighted by Gasteiger charge is -2.39. The van der Waals surface area contributed by atoms with E-state index in [1.165, 1.54) is 6.42 Å². The van der Waals surface area contributed by atoms with E-state index in [0.717, 1.165) is 29.9 Å². The van der Waals surface area contributed by atoms with Gasteiger partial charge >= 0.3 is 0 Å². The molecule has 1 aromatic rings. The van der Waals surface area contributed by atoms with Crippen molar-refractivity contribution in [1.29, 1.82) is 0 Å². The van der Waals surface area contributed by atoms with Crippen molar-refractivity contribution in [1.82, 2.24) is 4.90 Å². The SMILES string of the molecule is CC(C)CN1CCCC(N)C1c1ccc(Br)o1. The quantitative estimate of drug-likeness (QED) is 0.932. The van der Waals surface area contributed by atoms with Crippen LogP contribution in [-0.2, 0) is 0 Å². The van der Waals surface area contributed by atoms with Crippen LogP contribution in [0.1, 0.15) is 38.5 Å². The largest absolute Gasteiger partial charge is 0.453 e. The molecule has 2 rings (SSSR count). The molecule has 4 heteroatoms. The predicted molar refractivity (Wildman–Crippen MR) is 72.8 cm³/mol. The van der Waals surface area contributed by atoms with Crippen LogP contribution in [0.15, 0.2) is 21.2 Å². The van der Waals surface area contributed by atoms with Crippen molar-refractivity contribution in [3.63, 3.8) is 0 Å². The van der Waals surface area contributed by atoms with Crippen LogP contribution in [0.4, 0.5) is 0 Å². The fourth-order valence-corrected chi connectivity index (χ4v) is 2.97. The molecular formula is C13H21BrN2O. The number of hydrogen-bond donors (Lipinski definition) is 1. The highest BCUT2D eigenvalue weighted by Gasteiger charge is 2.32. The van der Waals surface area contributed by atoms with Crippen molar-refractivity contribution >= 4 is 15.9 Å². The van der Waals surface area contributed by atoms with Crippen molar-refractivity contribution < 1.29 is 4.42 Å². The molecule has 2 N–H and O–H groups in total. The standard InChI is InChI=1S/C13H21BrN2O/c1-9(2)8-16-7-3-4-10(15)13(16)11-5-6-12(14)17-11/h5-6,9-10,13H,3-4,7-8,15H2,1-2H3. The molecule has 96 valence electrons. The normalized spacial score (nSPS) is 26.6. The van der Waals surface area contributed by atoms with Crippen LogP contribution in [0, 0.1) is 5.92 Å². The summed E-state index contributed by atoms with van der Waals surface area (Å²) in [6.07, 6.45) is 2.27. The Morgan fingerprint density at radius 1 is 1.53 bits per heavy atom. The summed E-state index contributed by atoms with van der Waals surface area (Å²) >= 11 is 3.36. The molecule has 1 aliphatic heterocycles. The number of rotatable bonds is 3. The monoisotopic (exact) mass is 300 g/mol.